The van der Waals surface area contributed by atoms with Crippen LogP contribution in [-0.2, 0) is 0 Å². The number of rotatable bonds is 6. The van der Waals surface area contributed by atoms with Crippen molar-refractivity contribution in [3.8, 4) is 0 Å². The lowest BCUT2D eigenvalue weighted by molar-refractivity contribution is 0.100. The third-order valence-electron chi connectivity index (χ3n) is 2.81. The molecule has 0 radical (unpaired) electrons. The molecule has 1 aromatic rings. The van der Waals surface area contributed by atoms with E-state index in [0.29, 0.717) is 11.7 Å². The highest BCUT2D eigenvalue weighted by molar-refractivity contribution is 6.06. The zero-order chi connectivity index (χ0) is 13.5. The van der Waals surface area contributed by atoms with Crippen molar-refractivity contribution in [1.82, 2.24) is 0 Å². The first-order valence-corrected chi connectivity index (χ1v) is 6.40. The molecule has 0 fully saturated rings. The summed E-state index contributed by atoms with van der Waals surface area (Å²) < 4.78 is 5.11. The topological polar surface area (TPSA) is 30.2 Å². The Hall–Kier alpha value is -1.57. The van der Waals surface area contributed by atoms with Gasteiger partial charge in [-0.1, -0.05) is 24.6 Å². The van der Waals surface area contributed by atoms with Crippen molar-refractivity contribution in [1.29, 1.82) is 0 Å². The lowest BCUT2D eigenvalue weighted by Crippen LogP contribution is -2.01. The average molecular weight is 246 g/mol. The Balaban J connectivity index is 2.55. The maximum Gasteiger partial charge on any atom is 0.223 e. The Bertz CT molecular complexity index is 432. The highest BCUT2D eigenvalue weighted by atomic mass is 16.3. The van der Waals surface area contributed by atoms with E-state index < -0.39 is 0 Å². The second kappa shape index (κ2) is 7.00. The highest BCUT2D eigenvalue weighted by Crippen LogP contribution is 2.15. The molecule has 98 valence electrons. The van der Waals surface area contributed by atoms with Crippen LogP contribution >= 0.6 is 0 Å². The monoisotopic (exact) mass is 246 g/mol. The van der Waals surface area contributed by atoms with Gasteiger partial charge in [-0.25, -0.2) is 0 Å². The van der Waals surface area contributed by atoms with Crippen LogP contribution in [-0.4, -0.2) is 5.78 Å². The van der Waals surface area contributed by atoms with E-state index in [0.717, 1.165) is 18.4 Å². The molecule has 1 rings (SSSR count). The first-order valence-electron chi connectivity index (χ1n) is 6.40. The zero-order valence-electron chi connectivity index (χ0n) is 11.7. The van der Waals surface area contributed by atoms with E-state index in [9.17, 15) is 4.79 Å². The molecule has 0 saturated carbocycles. The van der Waals surface area contributed by atoms with Crippen LogP contribution in [0.15, 0.2) is 46.1 Å². The fourth-order valence-corrected chi connectivity index (χ4v) is 1.82. The molecule has 0 aliphatic carbocycles. The fraction of sp³-hybridized carbons (Fsp3) is 0.438. The van der Waals surface area contributed by atoms with Gasteiger partial charge in [0.15, 0.2) is 5.76 Å². The van der Waals surface area contributed by atoms with Crippen molar-refractivity contribution in [2.75, 3.05) is 0 Å². The number of hydrogen-bond donors (Lipinski definition) is 0. The van der Waals surface area contributed by atoms with Crippen LogP contribution in [0.2, 0.25) is 0 Å². The second-order valence-corrected chi connectivity index (χ2v) is 4.99. The van der Waals surface area contributed by atoms with Gasteiger partial charge in [-0.05, 0) is 57.2 Å². The number of carbonyl (C=O) groups is 1. The molecule has 2 heteroatoms. The second-order valence-electron chi connectivity index (χ2n) is 4.99. The van der Waals surface area contributed by atoms with E-state index in [4.69, 9.17) is 4.42 Å². The summed E-state index contributed by atoms with van der Waals surface area (Å²) >= 11 is 0. The summed E-state index contributed by atoms with van der Waals surface area (Å²) in [6.45, 7) is 8.19. The zero-order valence-corrected chi connectivity index (χ0v) is 11.7. The van der Waals surface area contributed by atoms with E-state index in [2.05, 4.69) is 26.8 Å². The van der Waals surface area contributed by atoms with Crippen molar-refractivity contribution in [2.24, 2.45) is 5.92 Å². The molecule has 0 amide bonds. The van der Waals surface area contributed by atoms with Crippen LogP contribution in [0.25, 0.3) is 0 Å². The molecule has 2 nitrogen and oxygen atoms in total. The van der Waals surface area contributed by atoms with Gasteiger partial charge in [-0.2, -0.15) is 0 Å². The van der Waals surface area contributed by atoms with E-state index in [-0.39, 0.29) is 5.78 Å². The van der Waals surface area contributed by atoms with Gasteiger partial charge in [0.2, 0.25) is 5.78 Å². The summed E-state index contributed by atoms with van der Waals surface area (Å²) in [7, 11) is 0. The number of Topliss-reactive ketones (excluding diaryl/α,β-unsaturated/α-hetero) is 1. The molecule has 0 aliphatic heterocycles. The number of carbonyl (C=O) groups excluding carboxylic acids is 1. The molecule has 0 spiro atoms. The van der Waals surface area contributed by atoms with Crippen LogP contribution in [0.4, 0.5) is 0 Å². The standard InChI is InChI=1S/C16H22O2/c1-12(2)7-5-8-13(3)11-14(4)16(17)15-9-6-10-18-15/h6-7,9-11,13H,5,8H2,1-4H3/b14-11+/t13-/m1/s1. The van der Waals surface area contributed by atoms with Crippen molar-refractivity contribution in [3.63, 3.8) is 0 Å². The Morgan fingerprint density at radius 2 is 2.11 bits per heavy atom. The van der Waals surface area contributed by atoms with E-state index in [1.807, 2.05) is 13.0 Å². The van der Waals surface area contributed by atoms with Crippen LogP contribution in [0.5, 0.6) is 0 Å². The molecule has 0 N–H and O–H groups in total. The smallest absolute Gasteiger partial charge is 0.223 e. The van der Waals surface area contributed by atoms with Crippen molar-refractivity contribution in [2.45, 2.75) is 40.5 Å². The predicted molar refractivity (Wildman–Crippen MR) is 74.6 cm³/mol. The number of hydrogen-bond acceptors (Lipinski definition) is 2. The minimum Gasteiger partial charge on any atom is -0.461 e. The molecule has 1 heterocycles. The van der Waals surface area contributed by atoms with Gasteiger partial charge in [0.05, 0.1) is 6.26 Å². The molecule has 0 aliphatic rings. The molecular formula is C16H22O2. The minimum atomic E-state index is -0.0194. The summed E-state index contributed by atoms with van der Waals surface area (Å²) in [4.78, 5) is 11.9. The van der Waals surface area contributed by atoms with Crippen LogP contribution in [0.1, 0.15) is 51.1 Å². The summed E-state index contributed by atoms with van der Waals surface area (Å²) in [5.74, 6) is 0.800. The van der Waals surface area contributed by atoms with Gasteiger partial charge in [0, 0.05) is 0 Å². The number of allylic oxidation sites excluding steroid dienone is 4. The van der Waals surface area contributed by atoms with E-state index >= 15 is 0 Å². The average Bonchev–Trinajstić information content (AvgIpc) is 2.80. The molecule has 1 atom stereocenters. The van der Waals surface area contributed by atoms with Crippen LogP contribution in [0, 0.1) is 5.92 Å². The summed E-state index contributed by atoms with van der Waals surface area (Å²) in [6.07, 6.45) is 7.91. The minimum absolute atomic E-state index is 0.0194. The molecule has 1 aromatic heterocycles. The van der Waals surface area contributed by atoms with Crippen molar-refractivity contribution < 1.29 is 9.21 Å². The maximum absolute atomic E-state index is 11.9. The summed E-state index contributed by atoms with van der Waals surface area (Å²) in [5.41, 5.74) is 2.10. The van der Waals surface area contributed by atoms with Crippen molar-refractivity contribution in [3.05, 3.63) is 47.5 Å². The van der Waals surface area contributed by atoms with Gasteiger partial charge >= 0.3 is 0 Å². The Labute approximate surface area is 109 Å². The van der Waals surface area contributed by atoms with Crippen LogP contribution < -0.4 is 0 Å². The van der Waals surface area contributed by atoms with Gasteiger partial charge in [-0.3, -0.25) is 4.79 Å². The van der Waals surface area contributed by atoms with Gasteiger partial charge in [0.25, 0.3) is 0 Å². The maximum atomic E-state index is 11.9. The molecule has 0 bridgehead atoms. The molecular weight excluding hydrogens is 224 g/mol. The van der Waals surface area contributed by atoms with E-state index in [1.165, 1.54) is 11.8 Å². The highest BCUT2D eigenvalue weighted by Gasteiger charge is 2.11. The molecule has 0 saturated heterocycles. The van der Waals surface area contributed by atoms with Gasteiger partial charge in [-0.15, -0.1) is 0 Å². The van der Waals surface area contributed by atoms with Crippen LogP contribution in [0.3, 0.4) is 0 Å². The van der Waals surface area contributed by atoms with Gasteiger partial charge < -0.3 is 4.42 Å². The Morgan fingerprint density at radius 3 is 2.67 bits per heavy atom. The largest absolute Gasteiger partial charge is 0.461 e. The lowest BCUT2D eigenvalue weighted by Gasteiger charge is -2.06. The van der Waals surface area contributed by atoms with Gasteiger partial charge in [0.1, 0.15) is 0 Å². The predicted octanol–water partition coefficient (Wildman–Crippen LogP) is 4.79. The molecule has 0 aromatic carbocycles. The summed E-state index contributed by atoms with van der Waals surface area (Å²) in [6, 6.07) is 3.44. The third-order valence-corrected chi connectivity index (χ3v) is 2.81. The lowest BCUT2D eigenvalue weighted by atomic mass is 9.99. The van der Waals surface area contributed by atoms with E-state index in [1.54, 1.807) is 12.1 Å². The quantitative estimate of drug-likeness (QED) is 0.410. The Morgan fingerprint density at radius 1 is 1.39 bits per heavy atom. The molecule has 0 unspecified atom stereocenters. The first-order chi connectivity index (χ1) is 8.50. The number of furan rings is 1. The number of ketones is 1. The fourth-order valence-electron chi connectivity index (χ4n) is 1.82. The van der Waals surface area contributed by atoms with Crippen molar-refractivity contribution >= 4 is 5.78 Å². The molecule has 18 heavy (non-hydrogen) atoms. The first kappa shape index (κ1) is 14.5. The third kappa shape index (κ3) is 4.74. The SMILES string of the molecule is CC(C)=CCC[C@@H](C)/C=C(\C)C(=O)c1ccco1. The summed E-state index contributed by atoms with van der Waals surface area (Å²) in [5, 5.41) is 0. The normalized spacial score (nSPS) is 13.2. The Kier molecular flexibility index (Phi) is 5.63.